The third kappa shape index (κ3) is 6.36. The molecule has 0 bridgehead atoms. The maximum atomic E-state index is 13.3. The number of nitrogen functional groups attached to an aromatic ring is 1. The number of carbonyl (C=O) groups is 1. The Bertz CT molecular complexity index is 1710. The van der Waals surface area contributed by atoms with Gasteiger partial charge in [-0.3, -0.25) is 4.79 Å². The number of anilines is 1. The SMILES string of the molecule is CCOc1cc(/C=N/NC(=O)c2c(-c3ccccc3)nnn2-c2nonc2N)cc(Br)c1OCc1cccc(Cl)c1. The van der Waals surface area contributed by atoms with E-state index in [1.165, 1.54) is 6.21 Å². The lowest BCUT2D eigenvalue weighted by Crippen LogP contribution is -2.22. The van der Waals surface area contributed by atoms with Gasteiger partial charge in [0.2, 0.25) is 11.6 Å². The molecule has 208 valence electrons. The molecule has 0 unspecified atom stereocenters. The average molecular weight is 638 g/mol. The van der Waals surface area contributed by atoms with Crippen LogP contribution in [0.5, 0.6) is 11.5 Å². The number of amides is 1. The quantitative estimate of drug-likeness (QED) is 0.158. The fourth-order valence-electron chi connectivity index (χ4n) is 3.83. The van der Waals surface area contributed by atoms with Crippen LogP contribution in [-0.2, 0) is 6.61 Å². The molecular formula is C27H22BrClN8O4. The van der Waals surface area contributed by atoms with Crippen LogP contribution in [-0.4, -0.2) is 44.0 Å². The number of hydrogen-bond acceptors (Lipinski definition) is 10. The van der Waals surface area contributed by atoms with Gasteiger partial charge in [-0.05, 0) is 68.6 Å². The van der Waals surface area contributed by atoms with E-state index in [0.717, 1.165) is 10.2 Å². The Kier molecular flexibility index (Phi) is 8.56. The summed E-state index contributed by atoms with van der Waals surface area (Å²) < 4.78 is 18.3. The molecule has 12 nitrogen and oxygen atoms in total. The van der Waals surface area contributed by atoms with Crippen LogP contribution in [0.3, 0.4) is 0 Å². The summed E-state index contributed by atoms with van der Waals surface area (Å²) in [4.78, 5) is 13.3. The van der Waals surface area contributed by atoms with Crippen molar-refractivity contribution in [1.29, 1.82) is 0 Å². The number of hydrogen-bond donors (Lipinski definition) is 2. The maximum absolute atomic E-state index is 13.3. The Labute approximate surface area is 247 Å². The lowest BCUT2D eigenvalue weighted by atomic mass is 10.1. The Morgan fingerprint density at radius 2 is 1.98 bits per heavy atom. The Morgan fingerprint density at radius 3 is 2.71 bits per heavy atom. The standard InChI is InChI=1S/C27H22BrClN8O4/c1-2-39-21-13-17(12-20(28)24(21)40-15-16-7-6-10-19(29)11-16)14-31-33-27(38)23-22(18-8-4-3-5-9-18)32-36-37(23)26-25(30)34-41-35-26/h3-14H,2,15H2,1H3,(H2,30,34)(H,33,38)/b31-14+. The molecular weight excluding hydrogens is 616 g/mol. The molecule has 3 N–H and O–H groups in total. The fourth-order valence-corrected chi connectivity index (χ4v) is 4.62. The number of ether oxygens (including phenoxy) is 2. The number of nitrogens with two attached hydrogens (primary N) is 1. The summed E-state index contributed by atoms with van der Waals surface area (Å²) in [5, 5.41) is 20.3. The summed E-state index contributed by atoms with van der Waals surface area (Å²) in [6.07, 6.45) is 1.47. The second kappa shape index (κ2) is 12.6. The van der Waals surface area contributed by atoms with Gasteiger partial charge in [0.05, 0.1) is 17.3 Å². The van der Waals surface area contributed by atoms with Crippen LogP contribution in [0, 0.1) is 0 Å². The van der Waals surface area contributed by atoms with Gasteiger partial charge in [0.25, 0.3) is 5.91 Å². The first-order valence-electron chi connectivity index (χ1n) is 12.2. The van der Waals surface area contributed by atoms with E-state index in [4.69, 9.17) is 26.8 Å². The zero-order chi connectivity index (χ0) is 28.8. The van der Waals surface area contributed by atoms with E-state index in [0.29, 0.717) is 51.0 Å². The van der Waals surface area contributed by atoms with Gasteiger partial charge in [-0.1, -0.05) is 59.3 Å². The van der Waals surface area contributed by atoms with Gasteiger partial charge >= 0.3 is 0 Å². The van der Waals surface area contributed by atoms with E-state index in [2.05, 4.69) is 51.7 Å². The molecule has 5 aromatic rings. The van der Waals surface area contributed by atoms with Crippen LogP contribution in [0.1, 0.15) is 28.5 Å². The highest BCUT2D eigenvalue weighted by Gasteiger charge is 2.26. The van der Waals surface area contributed by atoms with Gasteiger partial charge in [0.1, 0.15) is 12.3 Å². The van der Waals surface area contributed by atoms with Crippen molar-refractivity contribution < 1.29 is 18.9 Å². The lowest BCUT2D eigenvalue weighted by Gasteiger charge is -2.15. The number of hydrazone groups is 1. The first-order chi connectivity index (χ1) is 19.9. The normalized spacial score (nSPS) is 11.1. The number of halogens is 2. The highest BCUT2D eigenvalue weighted by atomic mass is 79.9. The molecule has 0 aliphatic carbocycles. The van der Waals surface area contributed by atoms with Crippen molar-refractivity contribution in [2.75, 3.05) is 12.3 Å². The summed E-state index contributed by atoms with van der Waals surface area (Å²) in [6, 6.07) is 20.0. The number of carbonyl (C=O) groups excluding carboxylic acids is 1. The van der Waals surface area contributed by atoms with Gasteiger partial charge in [-0.15, -0.1) is 5.10 Å². The van der Waals surface area contributed by atoms with Gasteiger partial charge in [0, 0.05) is 10.6 Å². The minimum absolute atomic E-state index is 0.0208. The monoisotopic (exact) mass is 636 g/mol. The second-order valence-corrected chi connectivity index (χ2v) is 9.71. The van der Waals surface area contributed by atoms with Crippen LogP contribution in [0.15, 0.2) is 80.9 Å². The van der Waals surface area contributed by atoms with Crippen LogP contribution in [0.2, 0.25) is 5.02 Å². The van der Waals surface area contributed by atoms with Crippen molar-refractivity contribution in [3.05, 3.63) is 93.0 Å². The third-order valence-corrected chi connectivity index (χ3v) is 6.44. The summed E-state index contributed by atoms with van der Waals surface area (Å²) in [7, 11) is 0. The molecule has 0 fully saturated rings. The molecule has 1 amide bonds. The van der Waals surface area contributed by atoms with Crippen LogP contribution in [0.25, 0.3) is 17.1 Å². The molecule has 0 aliphatic rings. The number of nitrogens with one attached hydrogen (secondary N) is 1. The van der Waals surface area contributed by atoms with E-state index in [1.54, 1.807) is 30.3 Å². The predicted molar refractivity (Wildman–Crippen MR) is 155 cm³/mol. The summed E-state index contributed by atoms with van der Waals surface area (Å²) in [6.45, 7) is 2.57. The van der Waals surface area contributed by atoms with E-state index in [-0.39, 0.29) is 17.3 Å². The molecule has 0 spiro atoms. The van der Waals surface area contributed by atoms with E-state index >= 15 is 0 Å². The Balaban J connectivity index is 1.38. The topological polar surface area (TPSA) is 156 Å². The summed E-state index contributed by atoms with van der Waals surface area (Å²) in [5.41, 5.74) is 10.9. The number of rotatable bonds is 10. The van der Waals surface area contributed by atoms with Crippen molar-refractivity contribution >= 4 is 45.5 Å². The number of nitrogens with zero attached hydrogens (tertiary/aromatic N) is 6. The molecule has 41 heavy (non-hydrogen) atoms. The minimum atomic E-state index is -0.613. The van der Waals surface area contributed by atoms with Crippen molar-refractivity contribution in [3.8, 4) is 28.6 Å². The first-order valence-corrected chi connectivity index (χ1v) is 13.4. The van der Waals surface area contributed by atoms with Gasteiger partial charge < -0.3 is 15.2 Å². The highest BCUT2D eigenvalue weighted by molar-refractivity contribution is 9.10. The number of aromatic nitrogens is 5. The molecule has 14 heteroatoms. The van der Waals surface area contributed by atoms with Gasteiger partial charge in [0.15, 0.2) is 17.2 Å². The van der Waals surface area contributed by atoms with Crippen molar-refractivity contribution in [1.82, 2.24) is 30.7 Å². The molecule has 0 aliphatic heterocycles. The van der Waals surface area contributed by atoms with Crippen molar-refractivity contribution in [2.45, 2.75) is 13.5 Å². The first kappa shape index (κ1) is 27.8. The Morgan fingerprint density at radius 1 is 1.15 bits per heavy atom. The predicted octanol–water partition coefficient (Wildman–Crippen LogP) is 5.06. The molecule has 0 atom stereocenters. The summed E-state index contributed by atoms with van der Waals surface area (Å²) >= 11 is 9.63. The molecule has 3 aromatic carbocycles. The lowest BCUT2D eigenvalue weighted by molar-refractivity contribution is 0.0947. The van der Waals surface area contributed by atoms with Gasteiger partial charge in [-0.2, -0.15) is 9.78 Å². The zero-order valence-electron chi connectivity index (χ0n) is 21.5. The minimum Gasteiger partial charge on any atom is -0.490 e. The highest BCUT2D eigenvalue weighted by Crippen LogP contribution is 2.37. The van der Waals surface area contributed by atoms with Crippen molar-refractivity contribution in [2.24, 2.45) is 5.10 Å². The summed E-state index contributed by atoms with van der Waals surface area (Å²) in [5.74, 6) is 0.372. The third-order valence-electron chi connectivity index (χ3n) is 5.61. The van der Waals surface area contributed by atoms with Gasteiger partial charge in [-0.25, -0.2) is 10.1 Å². The molecule has 2 aromatic heterocycles. The van der Waals surface area contributed by atoms with Crippen LogP contribution in [0.4, 0.5) is 5.82 Å². The van der Waals surface area contributed by atoms with E-state index < -0.39 is 5.91 Å². The smallest absolute Gasteiger partial charge is 0.292 e. The molecule has 2 heterocycles. The molecule has 0 saturated carbocycles. The second-order valence-electron chi connectivity index (χ2n) is 8.42. The number of benzene rings is 3. The Hall–Kier alpha value is -4.75. The van der Waals surface area contributed by atoms with E-state index in [9.17, 15) is 4.79 Å². The van der Waals surface area contributed by atoms with Crippen molar-refractivity contribution in [3.63, 3.8) is 0 Å². The van der Waals surface area contributed by atoms with E-state index in [1.807, 2.05) is 43.3 Å². The zero-order valence-corrected chi connectivity index (χ0v) is 23.8. The largest absolute Gasteiger partial charge is 0.490 e. The molecule has 0 radical (unpaired) electrons. The molecule has 0 saturated heterocycles. The van der Waals surface area contributed by atoms with Crippen LogP contribution >= 0.6 is 27.5 Å². The van der Waals surface area contributed by atoms with Crippen LogP contribution < -0.4 is 20.6 Å². The average Bonchev–Trinajstić information content (AvgIpc) is 3.59. The molecule has 5 rings (SSSR count). The maximum Gasteiger partial charge on any atom is 0.292 e. The fraction of sp³-hybridized carbons (Fsp3) is 0.111.